The molecule has 1 aromatic rings. The van der Waals surface area contributed by atoms with Gasteiger partial charge in [-0.2, -0.15) is 11.8 Å². The first kappa shape index (κ1) is 12.1. The third-order valence-electron chi connectivity index (χ3n) is 2.81. The van der Waals surface area contributed by atoms with Crippen LogP contribution in [0.3, 0.4) is 0 Å². The minimum Gasteiger partial charge on any atom is -0.508 e. The molecule has 2 nitrogen and oxygen atoms in total. The molecule has 1 heterocycles. The lowest BCUT2D eigenvalue weighted by Gasteiger charge is -2.11. The zero-order chi connectivity index (χ0) is 11.4. The van der Waals surface area contributed by atoms with Gasteiger partial charge in [-0.3, -0.25) is 0 Å². The first-order valence-electron chi connectivity index (χ1n) is 5.51. The number of hydrogen-bond acceptors (Lipinski definition) is 3. The van der Waals surface area contributed by atoms with Crippen molar-refractivity contribution in [1.82, 2.24) is 5.32 Å². The van der Waals surface area contributed by atoms with E-state index in [2.05, 4.69) is 5.32 Å². The van der Waals surface area contributed by atoms with Gasteiger partial charge in [-0.25, -0.2) is 0 Å². The maximum atomic E-state index is 9.62. The smallest absolute Gasteiger partial charge is 0.120 e. The summed E-state index contributed by atoms with van der Waals surface area (Å²) < 4.78 is 0. The molecule has 0 aromatic heterocycles. The molecule has 0 amide bonds. The van der Waals surface area contributed by atoms with Gasteiger partial charge >= 0.3 is 0 Å². The summed E-state index contributed by atoms with van der Waals surface area (Å²) in [6.45, 7) is 1.71. The Morgan fingerprint density at radius 2 is 2.38 bits per heavy atom. The van der Waals surface area contributed by atoms with Crippen LogP contribution in [0.1, 0.15) is 12.0 Å². The zero-order valence-electron chi connectivity index (χ0n) is 9.08. The van der Waals surface area contributed by atoms with Crippen molar-refractivity contribution in [1.29, 1.82) is 0 Å². The Kier molecular flexibility index (Phi) is 4.38. The van der Waals surface area contributed by atoms with Crippen LogP contribution >= 0.6 is 23.4 Å². The average molecular weight is 258 g/mol. The minimum atomic E-state index is 0.317. The van der Waals surface area contributed by atoms with Crippen molar-refractivity contribution in [2.45, 2.75) is 13.0 Å². The van der Waals surface area contributed by atoms with Crippen LogP contribution in [0, 0.1) is 5.92 Å². The lowest BCUT2D eigenvalue weighted by molar-refractivity contribution is 0.459. The molecule has 1 aliphatic heterocycles. The summed E-state index contributed by atoms with van der Waals surface area (Å²) in [6.07, 6.45) is 1.30. The SMILES string of the molecule is Oc1ccc(Cl)cc1CNCC1CCSC1. The number of aromatic hydroxyl groups is 1. The Morgan fingerprint density at radius 3 is 3.12 bits per heavy atom. The fourth-order valence-corrected chi connectivity index (χ4v) is 3.33. The van der Waals surface area contributed by atoms with Gasteiger partial charge in [0.1, 0.15) is 5.75 Å². The molecule has 0 saturated carbocycles. The van der Waals surface area contributed by atoms with E-state index in [0.29, 0.717) is 17.3 Å². The topological polar surface area (TPSA) is 32.3 Å². The van der Waals surface area contributed by atoms with Gasteiger partial charge in [0, 0.05) is 17.1 Å². The van der Waals surface area contributed by atoms with Gasteiger partial charge in [0.2, 0.25) is 0 Å². The highest BCUT2D eigenvalue weighted by Crippen LogP contribution is 2.24. The Morgan fingerprint density at radius 1 is 1.50 bits per heavy atom. The summed E-state index contributed by atoms with van der Waals surface area (Å²) in [7, 11) is 0. The Hall–Kier alpha value is -0.380. The monoisotopic (exact) mass is 257 g/mol. The number of nitrogens with one attached hydrogen (secondary N) is 1. The normalized spacial score (nSPS) is 20.2. The number of rotatable bonds is 4. The third-order valence-corrected chi connectivity index (χ3v) is 4.28. The van der Waals surface area contributed by atoms with Crippen LogP contribution in [0.25, 0.3) is 0 Å². The van der Waals surface area contributed by atoms with E-state index in [-0.39, 0.29) is 0 Å². The molecule has 1 aromatic carbocycles. The molecule has 1 atom stereocenters. The molecule has 1 fully saturated rings. The van der Waals surface area contributed by atoms with E-state index in [1.807, 2.05) is 17.8 Å². The molecular formula is C12H16ClNOS. The molecule has 88 valence electrons. The van der Waals surface area contributed by atoms with Crippen LogP contribution in [-0.2, 0) is 6.54 Å². The third kappa shape index (κ3) is 3.30. The molecule has 16 heavy (non-hydrogen) atoms. The molecule has 2 N–H and O–H groups in total. The van der Waals surface area contributed by atoms with Crippen molar-refractivity contribution in [2.24, 2.45) is 5.92 Å². The van der Waals surface area contributed by atoms with E-state index < -0.39 is 0 Å². The number of phenolic OH excluding ortho intramolecular Hbond substituents is 1. The van der Waals surface area contributed by atoms with Crippen molar-refractivity contribution in [3.63, 3.8) is 0 Å². The van der Waals surface area contributed by atoms with E-state index >= 15 is 0 Å². The second-order valence-corrected chi connectivity index (χ2v) is 5.72. The predicted molar refractivity (Wildman–Crippen MR) is 70.3 cm³/mol. The molecule has 1 unspecified atom stereocenters. The number of halogens is 1. The largest absolute Gasteiger partial charge is 0.508 e. The number of hydrogen-bond donors (Lipinski definition) is 2. The lowest BCUT2D eigenvalue weighted by atomic mass is 10.1. The van der Waals surface area contributed by atoms with Gasteiger partial charge in [-0.1, -0.05) is 11.6 Å². The van der Waals surface area contributed by atoms with Crippen molar-refractivity contribution in [3.05, 3.63) is 28.8 Å². The molecule has 0 bridgehead atoms. The molecular weight excluding hydrogens is 242 g/mol. The first-order chi connectivity index (χ1) is 7.75. The van der Waals surface area contributed by atoms with Gasteiger partial charge in [-0.15, -0.1) is 0 Å². The van der Waals surface area contributed by atoms with Crippen molar-refractivity contribution < 1.29 is 5.11 Å². The van der Waals surface area contributed by atoms with E-state index in [1.54, 1.807) is 12.1 Å². The molecule has 0 radical (unpaired) electrons. The van der Waals surface area contributed by atoms with Crippen LogP contribution in [-0.4, -0.2) is 23.2 Å². The molecule has 1 saturated heterocycles. The zero-order valence-corrected chi connectivity index (χ0v) is 10.7. The van der Waals surface area contributed by atoms with Gasteiger partial charge in [0.25, 0.3) is 0 Å². The molecule has 4 heteroatoms. The highest BCUT2D eigenvalue weighted by atomic mass is 35.5. The molecule has 2 rings (SSSR count). The molecule has 0 aliphatic carbocycles. The van der Waals surface area contributed by atoms with Crippen LogP contribution in [0.2, 0.25) is 5.02 Å². The average Bonchev–Trinajstić information content (AvgIpc) is 2.76. The maximum absolute atomic E-state index is 9.62. The quantitative estimate of drug-likeness (QED) is 0.870. The van der Waals surface area contributed by atoms with Crippen LogP contribution in [0.4, 0.5) is 0 Å². The van der Waals surface area contributed by atoms with E-state index in [0.717, 1.165) is 18.0 Å². The van der Waals surface area contributed by atoms with Crippen LogP contribution < -0.4 is 5.32 Å². The minimum absolute atomic E-state index is 0.317. The van der Waals surface area contributed by atoms with Crippen LogP contribution in [0.5, 0.6) is 5.75 Å². The maximum Gasteiger partial charge on any atom is 0.120 e. The summed E-state index contributed by atoms with van der Waals surface area (Å²) in [4.78, 5) is 0. The van der Waals surface area contributed by atoms with Crippen LogP contribution in [0.15, 0.2) is 18.2 Å². The van der Waals surface area contributed by atoms with Crippen molar-refractivity contribution >= 4 is 23.4 Å². The summed E-state index contributed by atoms with van der Waals surface area (Å²) in [5.41, 5.74) is 0.873. The Labute approximate surface area is 105 Å². The highest BCUT2D eigenvalue weighted by molar-refractivity contribution is 7.99. The predicted octanol–water partition coefficient (Wildman–Crippen LogP) is 2.89. The van der Waals surface area contributed by atoms with Gasteiger partial charge in [0.15, 0.2) is 0 Å². The van der Waals surface area contributed by atoms with E-state index in [1.165, 1.54) is 17.9 Å². The summed E-state index contributed by atoms with van der Waals surface area (Å²) in [5, 5.41) is 13.7. The van der Waals surface area contributed by atoms with E-state index in [4.69, 9.17) is 11.6 Å². The Balaban J connectivity index is 1.82. The second-order valence-electron chi connectivity index (χ2n) is 4.13. The molecule has 1 aliphatic rings. The highest BCUT2D eigenvalue weighted by Gasteiger charge is 2.14. The Bertz CT molecular complexity index is 353. The van der Waals surface area contributed by atoms with Crippen molar-refractivity contribution in [3.8, 4) is 5.75 Å². The second kappa shape index (κ2) is 5.80. The summed E-state index contributed by atoms with van der Waals surface area (Å²) in [5.74, 6) is 3.65. The van der Waals surface area contributed by atoms with E-state index in [9.17, 15) is 5.11 Å². The summed E-state index contributed by atoms with van der Waals surface area (Å²) >= 11 is 7.90. The fraction of sp³-hybridized carbons (Fsp3) is 0.500. The number of thioether (sulfide) groups is 1. The molecule has 0 spiro atoms. The standard InChI is InChI=1S/C12H16ClNOS/c13-11-1-2-12(15)10(5-11)7-14-6-9-3-4-16-8-9/h1-2,5,9,14-15H,3-4,6-8H2. The fourth-order valence-electron chi connectivity index (χ4n) is 1.85. The van der Waals surface area contributed by atoms with Gasteiger partial charge in [0.05, 0.1) is 0 Å². The van der Waals surface area contributed by atoms with Gasteiger partial charge < -0.3 is 10.4 Å². The number of phenols is 1. The number of benzene rings is 1. The summed E-state index contributed by atoms with van der Waals surface area (Å²) in [6, 6.07) is 5.16. The first-order valence-corrected chi connectivity index (χ1v) is 7.05. The van der Waals surface area contributed by atoms with Gasteiger partial charge in [-0.05, 0) is 48.6 Å². The lowest BCUT2D eigenvalue weighted by Crippen LogP contribution is -2.22. The van der Waals surface area contributed by atoms with Crippen molar-refractivity contribution in [2.75, 3.05) is 18.1 Å².